The van der Waals surface area contributed by atoms with Crippen LogP contribution >= 0.6 is 0 Å². The summed E-state index contributed by atoms with van der Waals surface area (Å²) in [7, 11) is 0. The first-order valence-electron chi connectivity index (χ1n) is 5.43. The molecule has 0 aromatic heterocycles. The van der Waals surface area contributed by atoms with Gasteiger partial charge in [0.1, 0.15) is 0 Å². The first-order valence-corrected chi connectivity index (χ1v) is 5.43. The Hall–Kier alpha value is -0.0400. The van der Waals surface area contributed by atoms with Crippen LogP contribution in [0.3, 0.4) is 0 Å². The summed E-state index contributed by atoms with van der Waals surface area (Å²) in [5, 5.41) is 0. The van der Waals surface area contributed by atoms with Crippen molar-refractivity contribution in [2.45, 2.75) is 58.5 Å². The van der Waals surface area contributed by atoms with Crippen LogP contribution in [0.15, 0.2) is 0 Å². The summed E-state index contributed by atoms with van der Waals surface area (Å²) in [6.07, 6.45) is 5.85. The monoisotopic (exact) mass is 167 g/mol. The van der Waals surface area contributed by atoms with Crippen LogP contribution in [-0.4, -0.2) is 23.5 Å². The van der Waals surface area contributed by atoms with E-state index in [9.17, 15) is 0 Å². The van der Waals surface area contributed by atoms with Crippen molar-refractivity contribution in [3.05, 3.63) is 0 Å². The summed E-state index contributed by atoms with van der Waals surface area (Å²) in [6, 6.07) is 1.66. The molecule has 1 spiro atoms. The minimum Gasteiger partial charge on any atom is -0.297 e. The minimum atomic E-state index is 0.759. The van der Waals surface area contributed by atoms with Gasteiger partial charge in [-0.2, -0.15) is 0 Å². The summed E-state index contributed by atoms with van der Waals surface area (Å²) < 4.78 is 0. The quantitative estimate of drug-likeness (QED) is 0.611. The summed E-state index contributed by atoms with van der Waals surface area (Å²) in [5.74, 6) is 0. The fourth-order valence-electron chi connectivity index (χ4n) is 2.72. The largest absolute Gasteiger partial charge is 0.297 e. The Labute approximate surface area is 76.1 Å². The summed E-state index contributed by atoms with van der Waals surface area (Å²) in [6.45, 7) is 8.40. The highest BCUT2D eigenvalue weighted by Gasteiger charge is 2.51. The molecule has 0 N–H and O–H groups in total. The molecule has 2 rings (SSSR count). The maximum atomic E-state index is 2.72. The molecular formula is C11H21N. The van der Waals surface area contributed by atoms with Crippen LogP contribution in [0.25, 0.3) is 0 Å². The van der Waals surface area contributed by atoms with Gasteiger partial charge in [-0.3, -0.25) is 4.90 Å². The molecule has 0 aromatic rings. The van der Waals surface area contributed by atoms with Crippen molar-refractivity contribution < 1.29 is 0 Å². The zero-order valence-electron chi connectivity index (χ0n) is 8.64. The average molecular weight is 167 g/mol. The van der Waals surface area contributed by atoms with E-state index in [1.165, 1.54) is 32.2 Å². The average Bonchev–Trinajstić information content (AvgIpc) is 2.62. The molecule has 2 fully saturated rings. The van der Waals surface area contributed by atoms with Gasteiger partial charge in [-0.05, 0) is 44.9 Å². The lowest BCUT2D eigenvalue weighted by molar-refractivity contribution is 0.195. The SMILES string of the molecule is CCC1CC2(CC2)CN1C(C)C. The molecular weight excluding hydrogens is 146 g/mol. The van der Waals surface area contributed by atoms with Crippen LogP contribution in [-0.2, 0) is 0 Å². The second-order valence-corrected chi connectivity index (χ2v) is 5.03. The molecule has 1 nitrogen and oxygen atoms in total. The molecule has 1 aliphatic carbocycles. The van der Waals surface area contributed by atoms with E-state index in [2.05, 4.69) is 25.7 Å². The molecule has 1 saturated carbocycles. The predicted molar refractivity (Wildman–Crippen MR) is 52.2 cm³/mol. The summed E-state index contributed by atoms with van der Waals surface area (Å²) >= 11 is 0. The number of hydrogen-bond acceptors (Lipinski definition) is 1. The molecule has 1 aliphatic heterocycles. The number of rotatable bonds is 2. The fourth-order valence-corrected chi connectivity index (χ4v) is 2.72. The molecule has 70 valence electrons. The molecule has 1 unspecified atom stereocenters. The number of nitrogens with zero attached hydrogens (tertiary/aromatic N) is 1. The molecule has 0 amide bonds. The van der Waals surface area contributed by atoms with Crippen LogP contribution in [0.1, 0.15) is 46.5 Å². The smallest absolute Gasteiger partial charge is 0.0101 e. The van der Waals surface area contributed by atoms with Gasteiger partial charge in [0.25, 0.3) is 0 Å². The third-order valence-corrected chi connectivity index (χ3v) is 3.75. The van der Waals surface area contributed by atoms with E-state index in [1.54, 1.807) is 0 Å². The molecule has 0 bridgehead atoms. The third-order valence-electron chi connectivity index (χ3n) is 3.75. The van der Waals surface area contributed by atoms with Gasteiger partial charge in [0, 0.05) is 18.6 Å². The van der Waals surface area contributed by atoms with E-state index < -0.39 is 0 Å². The van der Waals surface area contributed by atoms with Crippen LogP contribution in [0.4, 0.5) is 0 Å². The van der Waals surface area contributed by atoms with Crippen LogP contribution in [0.2, 0.25) is 0 Å². The molecule has 0 radical (unpaired) electrons. The molecule has 2 aliphatic rings. The third kappa shape index (κ3) is 1.28. The van der Waals surface area contributed by atoms with Gasteiger partial charge in [0.15, 0.2) is 0 Å². The first-order chi connectivity index (χ1) is 5.67. The highest BCUT2D eigenvalue weighted by atomic mass is 15.2. The van der Waals surface area contributed by atoms with Crippen LogP contribution in [0, 0.1) is 5.41 Å². The lowest BCUT2D eigenvalue weighted by Gasteiger charge is -2.27. The van der Waals surface area contributed by atoms with E-state index >= 15 is 0 Å². The Bertz CT molecular complexity index is 170. The Morgan fingerprint density at radius 3 is 2.42 bits per heavy atom. The first kappa shape index (κ1) is 8.55. The van der Waals surface area contributed by atoms with E-state index in [0.717, 1.165) is 17.5 Å². The van der Waals surface area contributed by atoms with Gasteiger partial charge < -0.3 is 0 Å². The molecule has 1 heteroatoms. The summed E-state index contributed by atoms with van der Waals surface area (Å²) in [5.41, 5.74) is 0.797. The predicted octanol–water partition coefficient (Wildman–Crippen LogP) is 2.66. The van der Waals surface area contributed by atoms with Crippen molar-refractivity contribution in [1.29, 1.82) is 0 Å². The molecule has 0 aromatic carbocycles. The Morgan fingerprint density at radius 2 is 2.08 bits per heavy atom. The number of likely N-dealkylation sites (tertiary alicyclic amines) is 1. The second-order valence-electron chi connectivity index (χ2n) is 5.03. The van der Waals surface area contributed by atoms with Crippen LogP contribution < -0.4 is 0 Å². The van der Waals surface area contributed by atoms with Gasteiger partial charge in [-0.25, -0.2) is 0 Å². The number of hydrogen-bond donors (Lipinski definition) is 0. The molecule has 1 atom stereocenters. The zero-order valence-corrected chi connectivity index (χ0v) is 8.64. The Morgan fingerprint density at radius 1 is 1.42 bits per heavy atom. The highest BCUT2D eigenvalue weighted by molar-refractivity contribution is 5.04. The highest BCUT2D eigenvalue weighted by Crippen LogP contribution is 2.55. The molecule has 12 heavy (non-hydrogen) atoms. The van der Waals surface area contributed by atoms with E-state index in [-0.39, 0.29) is 0 Å². The van der Waals surface area contributed by atoms with E-state index in [0.29, 0.717) is 0 Å². The summed E-state index contributed by atoms with van der Waals surface area (Å²) in [4.78, 5) is 2.72. The maximum Gasteiger partial charge on any atom is 0.0101 e. The van der Waals surface area contributed by atoms with Gasteiger partial charge in [0.2, 0.25) is 0 Å². The fraction of sp³-hybridized carbons (Fsp3) is 1.00. The Balaban J connectivity index is 2.03. The van der Waals surface area contributed by atoms with Gasteiger partial charge >= 0.3 is 0 Å². The molecule has 1 saturated heterocycles. The van der Waals surface area contributed by atoms with Crippen molar-refractivity contribution >= 4 is 0 Å². The lowest BCUT2D eigenvalue weighted by atomic mass is 10.0. The van der Waals surface area contributed by atoms with Crippen molar-refractivity contribution in [2.24, 2.45) is 5.41 Å². The van der Waals surface area contributed by atoms with Gasteiger partial charge in [-0.1, -0.05) is 6.92 Å². The van der Waals surface area contributed by atoms with E-state index in [4.69, 9.17) is 0 Å². The lowest BCUT2D eigenvalue weighted by Crippen LogP contribution is -2.35. The van der Waals surface area contributed by atoms with Crippen molar-refractivity contribution in [3.63, 3.8) is 0 Å². The van der Waals surface area contributed by atoms with Gasteiger partial charge in [-0.15, -0.1) is 0 Å². The topological polar surface area (TPSA) is 3.24 Å². The maximum absolute atomic E-state index is 2.72. The van der Waals surface area contributed by atoms with E-state index in [1.807, 2.05) is 0 Å². The standard InChI is InChI=1S/C11H21N/c1-4-10-7-11(5-6-11)8-12(10)9(2)3/h9-10H,4-8H2,1-3H3. The van der Waals surface area contributed by atoms with Crippen LogP contribution in [0.5, 0.6) is 0 Å². The minimum absolute atomic E-state index is 0.759. The van der Waals surface area contributed by atoms with Gasteiger partial charge in [0.05, 0.1) is 0 Å². The normalized spacial score (nSPS) is 33.5. The zero-order chi connectivity index (χ0) is 8.77. The molecule has 1 heterocycles. The van der Waals surface area contributed by atoms with Crippen molar-refractivity contribution in [2.75, 3.05) is 6.54 Å². The van der Waals surface area contributed by atoms with Crippen molar-refractivity contribution in [3.8, 4) is 0 Å². The van der Waals surface area contributed by atoms with Crippen molar-refractivity contribution in [1.82, 2.24) is 4.90 Å². The Kier molecular flexibility index (Phi) is 1.95. The second kappa shape index (κ2) is 2.73.